The van der Waals surface area contributed by atoms with Crippen molar-refractivity contribution in [1.29, 1.82) is 0 Å². The van der Waals surface area contributed by atoms with Crippen LogP contribution in [0, 0.1) is 17.0 Å². The highest BCUT2D eigenvalue weighted by atomic mass is 19.4. The predicted octanol–water partition coefficient (Wildman–Crippen LogP) is 4.37. The largest absolute Gasteiger partial charge is 0.416 e. The van der Waals surface area contributed by atoms with Gasteiger partial charge >= 0.3 is 6.18 Å². The molecule has 5 nitrogen and oxygen atoms in total. The first-order chi connectivity index (χ1) is 10.8. The van der Waals surface area contributed by atoms with Crippen LogP contribution in [0.25, 0.3) is 0 Å². The SMILES string of the molecule is Cc1ccc(/C=N/Nc2ccc(C(F)(F)F)cc2[N+](=O)[O-])cc1. The second kappa shape index (κ2) is 6.47. The van der Waals surface area contributed by atoms with Crippen molar-refractivity contribution >= 4 is 17.6 Å². The fourth-order valence-corrected chi connectivity index (χ4v) is 1.78. The van der Waals surface area contributed by atoms with Gasteiger partial charge in [0.15, 0.2) is 0 Å². The van der Waals surface area contributed by atoms with Crippen molar-refractivity contribution in [2.24, 2.45) is 5.10 Å². The molecule has 0 heterocycles. The molecule has 0 atom stereocenters. The predicted molar refractivity (Wildman–Crippen MR) is 80.5 cm³/mol. The number of nitrogens with one attached hydrogen (secondary N) is 1. The molecule has 0 spiro atoms. The van der Waals surface area contributed by atoms with Gasteiger partial charge in [0.25, 0.3) is 5.69 Å². The van der Waals surface area contributed by atoms with Gasteiger partial charge in [-0.2, -0.15) is 18.3 Å². The first-order valence-electron chi connectivity index (χ1n) is 6.49. The molecule has 2 aromatic rings. The molecule has 0 aliphatic carbocycles. The highest BCUT2D eigenvalue weighted by Crippen LogP contribution is 2.34. The molecule has 0 amide bonds. The van der Waals surface area contributed by atoms with Gasteiger partial charge in [-0.1, -0.05) is 29.8 Å². The minimum absolute atomic E-state index is 0.119. The van der Waals surface area contributed by atoms with Crippen molar-refractivity contribution in [3.05, 3.63) is 69.3 Å². The number of hydrogen-bond acceptors (Lipinski definition) is 4. The van der Waals surface area contributed by atoms with E-state index in [0.29, 0.717) is 6.07 Å². The number of hydrogen-bond donors (Lipinski definition) is 1. The number of aryl methyl sites for hydroxylation is 1. The van der Waals surface area contributed by atoms with Crippen LogP contribution < -0.4 is 5.43 Å². The monoisotopic (exact) mass is 323 g/mol. The molecular formula is C15H12F3N3O2. The Morgan fingerprint density at radius 3 is 2.39 bits per heavy atom. The molecule has 0 aromatic heterocycles. The van der Waals surface area contributed by atoms with Gasteiger partial charge in [0.1, 0.15) is 5.69 Å². The fourth-order valence-electron chi connectivity index (χ4n) is 1.78. The summed E-state index contributed by atoms with van der Waals surface area (Å²) in [5, 5.41) is 14.7. The summed E-state index contributed by atoms with van der Waals surface area (Å²) in [6.45, 7) is 1.92. The van der Waals surface area contributed by atoms with E-state index < -0.39 is 22.4 Å². The summed E-state index contributed by atoms with van der Waals surface area (Å²) >= 11 is 0. The third-order valence-electron chi connectivity index (χ3n) is 3.00. The Morgan fingerprint density at radius 1 is 1.17 bits per heavy atom. The maximum atomic E-state index is 12.6. The standard InChI is InChI=1S/C15H12F3N3O2/c1-10-2-4-11(5-3-10)9-19-20-13-7-6-12(15(16,17)18)8-14(13)21(22)23/h2-9,20H,1H3/b19-9+. The molecule has 0 unspecified atom stereocenters. The summed E-state index contributed by atoms with van der Waals surface area (Å²) in [4.78, 5) is 10.0. The van der Waals surface area contributed by atoms with E-state index in [1.54, 1.807) is 12.1 Å². The van der Waals surface area contributed by atoms with Crippen LogP contribution in [0.2, 0.25) is 0 Å². The third-order valence-corrected chi connectivity index (χ3v) is 3.00. The Kier molecular flexibility index (Phi) is 4.63. The lowest BCUT2D eigenvalue weighted by molar-refractivity contribution is -0.384. The van der Waals surface area contributed by atoms with Crippen LogP contribution in [-0.2, 0) is 6.18 Å². The number of hydrazone groups is 1. The number of halogens is 3. The molecule has 0 bridgehead atoms. The summed E-state index contributed by atoms with van der Waals surface area (Å²) in [7, 11) is 0. The normalized spacial score (nSPS) is 11.7. The van der Waals surface area contributed by atoms with Crippen LogP contribution in [0.15, 0.2) is 47.6 Å². The van der Waals surface area contributed by atoms with Crippen LogP contribution in [-0.4, -0.2) is 11.1 Å². The minimum atomic E-state index is -4.64. The van der Waals surface area contributed by atoms with E-state index in [1.807, 2.05) is 19.1 Å². The number of anilines is 1. The summed E-state index contributed by atoms with van der Waals surface area (Å²) in [6, 6.07) is 9.53. The smallest absolute Gasteiger partial charge is 0.272 e. The van der Waals surface area contributed by atoms with Crippen LogP contribution in [0.5, 0.6) is 0 Å². The average molecular weight is 323 g/mol. The van der Waals surface area contributed by atoms with Crippen LogP contribution in [0.1, 0.15) is 16.7 Å². The van der Waals surface area contributed by atoms with Crippen molar-refractivity contribution in [2.75, 3.05) is 5.43 Å². The molecule has 0 aliphatic rings. The van der Waals surface area contributed by atoms with E-state index in [4.69, 9.17) is 0 Å². The zero-order valence-electron chi connectivity index (χ0n) is 12.0. The lowest BCUT2D eigenvalue weighted by Crippen LogP contribution is -2.06. The summed E-state index contributed by atoms with van der Waals surface area (Å²) in [5.41, 5.74) is 2.31. The van der Waals surface area contributed by atoms with E-state index in [1.165, 1.54) is 6.21 Å². The summed E-state index contributed by atoms with van der Waals surface area (Å²) in [5.74, 6) is 0. The minimum Gasteiger partial charge on any atom is -0.272 e. The zero-order chi connectivity index (χ0) is 17.0. The van der Waals surface area contributed by atoms with Gasteiger partial charge in [0.2, 0.25) is 0 Å². The van der Waals surface area contributed by atoms with E-state index in [2.05, 4.69) is 10.5 Å². The summed E-state index contributed by atoms with van der Waals surface area (Å²) in [6.07, 6.45) is -3.23. The molecule has 1 N–H and O–H groups in total. The molecule has 0 saturated heterocycles. The van der Waals surface area contributed by atoms with E-state index in [0.717, 1.165) is 23.3 Å². The van der Waals surface area contributed by atoms with Crippen LogP contribution in [0.4, 0.5) is 24.5 Å². The lowest BCUT2D eigenvalue weighted by Gasteiger charge is -2.08. The van der Waals surface area contributed by atoms with Gasteiger partial charge in [-0.05, 0) is 24.6 Å². The molecule has 2 rings (SSSR count). The second-order valence-electron chi connectivity index (χ2n) is 4.77. The number of benzene rings is 2. The Balaban J connectivity index is 2.22. The highest BCUT2D eigenvalue weighted by molar-refractivity contribution is 5.80. The van der Waals surface area contributed by atoms with Gasteiger partial charge in [0.05, 0.1) is 16.7 Å². The van der Waals surface area contributed by atoms with Crippen molar-refractivity contribution < 1.29 is 18.1 Å². The summed E-state index contributed by atoms with van der Waals surface area (Å²) < 4.78 is 37.8. The van der Waals surface area contributed by atoms with E-state index >= 15 is 0 Å². The topological polar surface area (TPSA) is 67.5 Å². The van der Waals surface area contributed by atoms with Crippen molar-refractivity contribution in [1.82, 2.24) is 0 Å². The number of alkyl halides is 3. The Morgan fingerprint density at radius 2 is 1.83 bits per heavy atom. The first kappa shape index (κ1) is 16.5. The third kappa shape index (κ3) is 4.29. The maximum Gasteiger partial charge on any atom is 0.416 e. The van der Waals surface area contributed by atoms with Crippen LogP contribution in [0.3, 0.4) is 0 Å². The number of nitro groups is 1. The Bertz CT molecular complexity index is 741. The number of nitrogens with zero attached hydrogens (tertiary/aromatic N) is 2. The first-order valence-corrected chi connectivity index (χ1v) is 6.49. The molecule has 0 radical (unpaired) electrons. The van der Waals surface area contributed by atoms with Crippen molar-refractivity contribution in [3.63, 3.8) is 0 Å². The number of nitro benzene ring substituents is 1. The van der Waals surface area contributed by atoms with E-state index in [9.17, 15) is 23.3 Å². The fraction of sp³-hybridized carbons (Fsp3) is 0.133. The van der Waals surface area contributed by atoms with Gasteiger partial charge in [-0.25, -0.2) is 0 Å². The van der Waals surface area contributed by atoms with Gasteiger partial charge in [0, 0.05) is 6.07 Å². The molecule has 120 valence electrons. The number of rotatable bonds is 4. The second-order valence-corrected chi connectivity index (χ2v) is 4.77. The average Bonchev–Trinajstić information content (AvgIpc) is 2.48. The van der Waals surface area contributed by atoms with Crippen molar-refractivity contribution in [2.45, 2.75) is 13.1 Å². The molecule has 0 saturated carbocycles. The Hall–Kier alpha value is -2.90. The molecule has 0 fully saturated rings. The van der Waals surface area contributed by atoms with Crippen molar-refractivity contribution in [3.8, 4) is 0 Å². The van der Waals surface area contributed by atoms with Gasteiger partial charge in [-0.15, -0.1) is 0 Å². The Labute approximate surface area is 129 Å². The molecule has 2 aromatic carbocycles. The van der Waals surface area contributed by atoms with Gasteiger partial charge in [-0.3, -0.25) is 15.5 Å². The van der Waals surface area contributed by atoms with E-state index in [-0.39, 0.29) is 5.69 Å². The molecule has 23 heavy (non-hydrogen) atoms. The molecular weight excluding hydrogens is 311 g/mol. The molecule has 0 aliphatic heterocycles. The maximum absolute atomic E-state index is 12.6. The molecule has 8 heteroatoms. The lowest BCUT2D eigenvalue weighted by atomic mass is 10.1. The highest BCUT2D eigenvalue weighted by Gasteiger charge is 2.33. The zero-order valence-corrected chi connectivity index (χ0v) is 12.0. The van der Waals surface area contributed by atoms with Crippen LogP contribution >= 0.6 is 0 Å². The quantitative estimate of drug-likeness (QED) is 0.516. The van der Waals surface area contributed by atoms with Gasteiger partial charge < -0.3 is 0 Å².